The van der Waals surface area contributed by atoms with E-state index in [0.29, 0.717) is 23.7 Å². The highest BCUT2D eigenvalue weighted by molar-refractivity contribution is 7.13. The zero-order chi connectivity index (χ0) is 19.5. The molecule has 4 aromatic rings. The Morgan fingerprint density at radius 2 is 1.71 bits per heavy atom. The van der Waals surface area contributed by atoms with Crippen LogP contribution in [0, 0.1) is 0 Å². The normalized spacial score (nSPS) is 10.8. The molecule has 6 nitrogen and oxygen atoms in total. The van der Waals surface area contributed by atoms with Gasteiger partial charge in [0.15, 0.2) is 0 Å². The van der Waals surface area contributed by atoms with E-state index in [2.05, 4.69) is 15.0 Å². The number of carbonyl (C=O) groups is 1. The summed E-state index contributed by atoms with van der Waals surface area (Å²) >= 11 is 1.39. The smallest absolute Gasteiger partial charge is 0.323 e. The summed E-state index contributed by atoms with van der Waals surface area (Å²) in [7, 11) is 0. The molecule has 0 saturated carbocycles. The van der Waals surface area contributed by atoms with Gasteiger partial charge in [-0.25, -0.2) is 4.79 Å². The van der Waals surface area contributed by atoms with Crippen LogP contribution in [0.4, 0.5) is 22.0 Å². The largest absolute Gasteiger partial charge is 0.382 e. The van der Waals surface area contributed by atoms with Gasteiger partial charge in [0.2, 0.25) is 0 Å². The Morgan fingerprint density at radius 3 is 2.50 bits per heavy atom. The summed E-state index contributed by atoms with van der Waals surface area (Å²) in [6.45, 7) is 0.426. The third kappa shape index (κ3) is 3.66. The van der Waals surface area contributed by atoms with Crippen molar-refractivity contribution in [2.24, 2.45) is 5.73 Å². The van der Waals surface area contributed by atoms with Gasteiger partial charge in [-0.3, -0.25) is 0 Å². The molecule has 1 heterocycles. The monoisotopic (exact) mass is 389 g/mol. The van der Waals surface area contributed by atoms with Crippen molar-refractivity contribution in [1.82, 2.24) is 4.37 Å². The molecule has 0 aliphatic rings. The predicted octanol–water partition coefficient (Wildman–Crippen LogP) is 4.65. The molecule has 0 radical (unpaired) electrons. The minimum Gasteiger partial charge on any atom is -0.382 e. The summed E-state index contributed by atoms with van der Waals surface area (Å²) in [5.41, 5.74) is 16.1. The number of hydrogen-bond donors (Lipinski definition) is 4. The second-order valence-corrected chi connectivity index (χ2v) is 7.11. The maximum absolute atomic E-state index is 12.2. The lowest BCUT2D eigenvalue weighted by atomic mass is 10.0. The molecular formula is C21H19N5OS. The molecule has 140 valence electrons. The number of hydrogen-bond acceptors (Lipinski definition) is 5. The first-order valence-corrected chi connectivity index (χ1v) is 9.53. The van der Waals surface area contributed by atoms with Crippen molar-refractivity contribution in [3.63, 3.8) is 0 Å². The van der Waals surface area contributed by atoms with Crippen LogP contribution in [0.1, 0.15) is 5.56 Å². The highest BCUT2D eigenvalue weighted by atomic mass is 32.1. The molecule has 0 bridgehead atoms. The highest BCUT2D eigenvalue weighted by Gasteiger charge is 2.10. The number of nitrogens with zero attached hydrogens (tertiary/aromatic N) is 1. The maximum Gasteiger partial charge on any atom is 0.323 e. The molecule has 3 aromatic carbocycles. The lowest BCUT2D eigenvalue weighted by Crippen LogP contribution is -2.19. The molecule has 28 heavy (non-hydrogen) atoms. The summed E-state index contributed by atoms with van der Waals surface area (Å²) < 4.78 is 5.29. The number of nitrogens with two attached hydrogens (primary N) is 2. The molecule has 0 aliphatic heterocycles. The van der Waals surface area contributed by atoms with Gasteiger partial charge >= 0.3 is 6.03 Å². The van der Waals surface area contributed by atoms with Gasteiger partial charge < -0.3 is 22.1 Å². The lowest BCUT2D eigenvalue weighted by Gasteiger charge is -2.10. The van der Waals surface area contributed by atoms with Crippen LogP contribution in [0.3, 0.4) is 0 Å². The minimum atomic E-state index is -0.310. The number of amides is 2. The molecule has 0 unspecified atom stereocenters. The molecule has 1 aromatic heterocycles. The number of benzene rings is 3. The predicted molar refractivity (Wildman–Crippen MR) is 116 cm³/mol. The van der Waals surface area contributed by atoms with Crippen LogP contribution in [0.5, 0.6) is 0 Å². The Balaban J connectivity index is 1.50. The second kappa shape index (κ2) is 7.67. The average Bonchev–Trinajstić information content (AvgIpc) is 3.10. The summed E-state index contributed by atoms with van der Waals surface area (Å²) in [6, 6.07) is 20.8. The van der Waals surface area contributed by atoms with Gasteiger partial charge in [0.1, 0.15) is 5.82 Å². The molecule has 2 amide bonds. The zero-order valence-electron chi connectivity index (χ0n) is 15.0. The second-order valence-electron chi connectivity index (χ2n) is 6.31. The molecule has 6 N–H and O–H groups in total. The van der Waals surface area contributed by atoms with Crippen molar-refractivity contribution in [2.75, 3.05) is 16.4 Å². The summed E-state index contributed by atoms with van der Waals surface area (Å²) in [5, 5.41) is 6.61. The number of fused-ring (bicyclic) bond motifs is 1. The van der Waals surface area contributed by atoms with Crippen molar-refractivity contribution >= 4 is 44.8 Å². The van der Waals surface area contributed by atoms with E-state index in [1.807, 2.05) is 66.7 Å². The number of urea groups is 1. The van der Waals surface area contributed by atoms with E-state index in [9.17, 15) is 4.79 Å². The van der Waals surface area contributed by atoms with Gasteiger partial charge in [-0.15, -0.1) is 0 Å². The first kappa shape index (κ1) is 18.0. The van der Waals surface area contributed by atoms with E-state index >= 15 is 0 Å². The van der Waals surface area contributed by atoms with Crippen molar-refractivity contribution in [3.05, 3.63) is 72.3 Å². The van der Waals surface area contributed by atoms with Gasteiger partial charge in [0, 0.05) is 23.3 Å². The minimum absolute atomic E-state index is 0.310. The average molecular weight is 389 g/mol. The molecule has 0 aliphatic carbocycles. The fourth-order valence-electron chi connectivity index (χ4n) is 3.06. The molecule has 7 heteroatoms. The fourth-order valence-corrected chi connectivity index (χ4v) is 3.79. The van der Waals surface area contributed by atoms with E-state index in [1.54, 1.807) is 0 Å². The van der Waals surface area contributed by atoms with E-state index < -0.39 is 0 Å². The van der Waals surface area contributed by atoms with Crippen molar-refractivity contribution in [1.29, 1.82) is 0 Å². The molecule has 0 fully saturated rings. The Morgan fingerprint density at radius 1 is 0.964 bits per heavy atom. The number of aromatic nitrogens is 1. The fraction of sp³-hybridized carbons (Fsp3) is 0.0476. The number of nitrogen functional groups attached to an aromatic ring is 1. The Labute approximate surface area is 166 Å². The van der Waals surface area contributed by atoms with E-state index in [-0.39, 0.29) is 6.03 Å². The van der Waals surface area contributed by atoms with Crippen molar-refractivity contribution < 1.29 is 4.79 Å². The van der Waals surface area contributed by atoms with Crippen LogP contribution in [0.25, 0.3) is 21.2 Å². The molecule has 0 spiro atoms. The third-order valence-electron chi connectivity index (χ3n) is 4.40. The van der Waals surface area contributed by atoms with Crippen LogP contribution in [0.2, 0.25) is 0 Å². The number of carbonyl (C=O) groups excluding carboxylic acids is 1. The maximum atomic E-state index is 12.2. The summed E-state index contributed by atoms with van der Waals surface area (Å²) in [5.74, 6) is 0.539. The molecule has 0 saturated heterocycles. The van der Waals surface area contributed by atoms with Crippen molar-refractivity contribution in [3.8, 4) is 11.1 Å². The Kier molecular flexibility index (Phi) is 4.92. The van der Waals surface area contributed by atoms with E-state index in [1.165, 1.54) is 11.5 Å². The van der Waals surface area contributed by atoms with E-state index in [4.69, 9.17) is 11.5 Å². The molecule has 0 atom stereocenters. The first-order chi connectivity index (χ1) is 13.6. The number of anilines is 3. The quantitative estimate of drug-likeness (QED) is 0.408. The molecule has 4 rings (SSSR count). The third-order valence-corrected chi connectivity index (χ3v) is 5.22. The number of rotatable bonds is 4. The van der Waals surface area contributed by atoms with Gasteiger partial charge in [0.25, 0.3) is 0 Å². The zero-order valence-corrected chi connectivity index (χ0v) is 15.8. The Hall–Kier alpha value is -3.42. The standard InChI is InChI=1S/C21H19N5OS/c22-12-13-3-1-4-16(11-13)25-21(27)24-15-9-7-14(8-10-15)17-5-2-6-18-19(17)20(23)26-28-18/h1-11H,12,22H2,(H2,23,26)(H2,24,25,27). The van der Waals surface area contributed by atoms with Crippen LogP contribution in [-0.2, 0) is 6.54 Å². The first-order valence-electron chi connectivity index (χ1n) is 8.75. The highest BCUT2D eigenvalue weighted by Crippen LogP contribution is 2.34. The molecular weight excluding hydrogens is 370 g/mol. The van der Waals surface area contributed by atoms with Crippen LogP contribution in [0.15, 0.2) is 66.7 Å². The van der Waals surface area contributed by atoms with E-state index in [0.717, 1.165) is 26.8 Å². The van der Waals surface area contributed by atoms with Gasteiger partial charge in [-0.1, -0.05) is 36.4 Å². The van der Waals surface area contributed by atoms with Gasteiger partial charge in [-0.2, -0.15) is 4.37 Å². The number of nitrogens with one attached hydrogen (secondary N) is 2. The van der Waals surface area contributed by atoms with Crippen LogP contribution >= 0.6 is 11.5 Å². The summed E-state index contributed by atoms with van der Waals surface area (Å²) in [6.07, 6.45) is 0. The van der Waals surface area contributed by atoms with Crippen LogP contribution < -0.4 is 22.1 Å². The Bertz CT molecular complexity index is 1140. The van der Waals surface area contributed by atoms with Gasteiger partial charge in [0.05, 0.1) is 4.70 Å². The SMILES string of the molecule is NCc1cccc(NC(=O)Nc2ccc(-c3cccc4snc(N)c34)cc2)c1. The summed E-state index contributed by atoms with van der Waals surface area (Å²) in [4.78, 5) is 12.2. The van der Waals surface area contributed by atoms with Gasteiger partial charge in [-0.05, 0) is 58.6 Å². The van der Waals surface area contributed by atoms with Crippen LogP contribution in [-0.4, -0.2) is 10.4 Å². The lowest BCUT2D eigenvalue weighted by molar-refractivity contribution is 0.262. The van der Waals surface area contributed by atoms with Crippen molar-refractivity contribution in [2.45, 2.75) is 6.54 Å². The topological polar surface area (TPSA) is 106 Å².